The third-order valence-electron chi connectivity index (χ3n) is 2.67. The molecule has 1 unspecified atom stereocenters. The zero-order valence-electron chi connectivity index (χ0n) is 10.9. The van der Waals surface area contributed by atoms with Crippen LogP contribution in [0.5, 0.6) is 0 Å². The van der Waals surface area contributed by atoms with Gasteiger partial charge in [0.2, 0.25) is 0 Å². The van der Waals surface area contributed by atoms with E-state index in [0.717, 1.165) is 24.6 Å². The molecular weight excluding hydrogens is 216 g/mol. The molecule has 1 aromatic heterocycles. The minimum Gasteiger partial charge on any atom is -0.314 e. The molecule has 0 bridgehead atoms. The van der Waals surface area contributed by atoms with Gasteiger partial charge in [0.25, 0.3) is 0 Å². The van der Waals surface area contributed by atoms with E-state index in [1.807, 2.05) is 0 Å². The number of aromatic nitrogens is 1. The van der Waals surface area contributed by atoms with Crippen LogP contribution in [0.3, 0.4) is 0 Å². The molecule has 3 heteroatoms. The molecule has 0 amide bonds. The Morgan fingerprint density at radius 2 is 2.12 bits per heavy atom. The molecule has 0 radical (unpaired) electrons. The van der Waals surface area contributed by atoms with Gasteiger partial charge < -0.3 is 5.32 Å². The van der Waals surface area contributed by atoms with E-state index in [-0.39, 0.29) is 0 Å². The smallest absolute Gasteiger partial charge is 0.0943 e. The number of aryl methyl sites for hydroxylation is 1. The summed E-state index contributed by atoms with van der Waals surface area (Å²) in [6.07, 6.45) is 3.63. The summed E-state index contributed by atoms with van der Waals surface area (Å²) >= 11 is 1.79. The van der Waals surface area contributed by atoms with Crippen LogP contribution in [0.4, 0.5) is 0 Å². The summed E-state index contributed by atoms with van der Waals surface area (Å²) in [5.74, 6) is 0.791. The van der Waals surface area contributed by atoms with E-state index in [4.69, 9.17) is 0 Å². The second kappa shape index (κ2) is 7.02. The quantitative estimate of drug-likeness (QED) is 0.790. The van der Waals surface area contributed by atoms with Crippen LogP contribution in [0.2, 0.25) is 0 Å². The van der Waals surface area contributed by atoms with Crippen LogP contribution < -0.4 is 5.32 Å². The molecule has 0 aliphatic rings. The minimum absolute atomic E-state index is 0.595. The van der Waals surface area contributed by atoms with Gasteiger partial charge >= 0.3 is 0 Å². The second-order valence-electron chi connectivity index (χ2n) is 4.81. The molecule has 92 valence electrons. The van der Waals surface area contributed by atoms with Crippen molar-refractivity contribution in [3.05, 3.63) is 16.1 Å². The number of likely N-dealkylation sites (N-methyl/N-ethyl adjacent to an activating group) is 1. The summed E-state index contributed by atoms with van der Waals surface area (Å²) in [6, 6.07) is 0.595. The van der Waals surface area contributed by atoms with Gasteiger partial charge in [-0.3, -0.25) is 0 Å². The first kappa shape index (κ1) is 13.7. The number of nitrogens with one attached hydrogen (secondary N) is 1. The monoisotopic (exact) mass is 240 g/mol. The van der Waals surface area contributed by atoms with Gasteiger partial charge in [-0.1, -0.05) is 20.8 Å². The van der Waals surface area contributed by atoms with Gasteiger partial charge in [-0.2, -0.15) is 0 Å². The van der Waals surface area contributed by atoms with Gasteiger partial charge in [0.05, 0.1) is 5.01 Å². The Balaban J connectivity index is 2.43. The van der Waals surface area contributed by atoms with Crippen LogP contribution in [0.15, 0.2) is 5.38 Å². The summed E-state index contributed by atoms with van der Waals surface area (Å²) in [4.78, 5) is 4.54. The van der Waals surface area contributed by atoms with E-state index in [0.29, 0.717) is 6.04 Å². The first-order valence-electron chi connectivity index (χ1n) is 6.26. The van der Waals surface area contributed by atoms with Crippen molar-refractivity contribution >= 4 is 11.3 Å². The molecule has 0 spiro atoms. The highest BCUT2D eigenvalue weighted by molar-refractivity contribution is 7.09. The molecule has 0 saturated carbocycles. The lowest BCUT2D eigenvalue weighted by molar-refractivity contribution is 0.434. The van der Waals surface area contributed by atoms with E-state index in [9.17, 15) is 0 Å². The Morgan fingerprint density at radius 3 is 2.62 bits per heavy atom. The van der Waals surface area contributed by atoms with Crippen LogP contribution in [-0.2, 0) is 6.42 Å². The Morgan fingerprint density at radius 1 is 1.38 bits per heavy atom. The largest absolute Gasteiger partial charge is 0.314 e. The lowest BCUT2D eigenvalue weighted by Gasteiger charge is -2.17. The highest BCUT2D eigenvalue weighted by Crippen LogP contribution is 2.15. The van der Waals surface area contributed by atoms with Gasteiger partial charge in [-0.25, -0.2) is 4.98 Å². The Bertz CT molecular complexity index is 294. The highest BCUT2D eigenvalue weighted by atomic mass is 32.1. The molecule has 0 fully saturated rings. The van der Waals surface area contributed by atoms with Gasteiger partial charge in [-0.15, -0.1) is 11.3 Å². The topological polar surface area (TPSA) is 24.9 Å². The average Bonchev–Trinajstić information content (AvgIpc) is 2.61. The number of rotatable bonds is 7. The van der Waals surface area contributed by atoms with Crippen molar-refractivity contribution in [1.29, 1.82) is 0 Å². The highest BCUT2D eigenvalue weighted by Gasteiger charge is 2.11. The van der Waals surface area contributed by atoms with Crippen molar-refractivity contribution in [1.82, 2.24) is 10.3 Å². The summed E-state index contributed by atoms with van der Waals surface area (Å²) in [7, 11) is 0. The fourth-order valence-electron chi connectivity index (χ4n) is 1.81. The molecule has 0 aliphatic heterocycles. The Labute approximate surface area is 103 Å². The van der Waals surface area contributed by atoms with Crippen LogP contribution in [0.1, 0.15) is 44.3 Å². The van der Waals surface area contributed by atoms with Crippen molar-refractivity contribution in [3.63, 3.8) is 0 Å². The average molecular weight is 240 g/mol. The molecule has 1 aromatic rings. The number of hydrogen-bond donors (Lipinski definition) is 1. The van der Waals surface area contributed by atoms with Gasteiger partial charge in [0.1, 0.15) is 0 Å². The van der Waals surface area contributed by atoms with Crippen molar-refractivity contribution in [3.8, 4) is 0 Å². The predicted octanol–water partition coefficient (Wildman–Crippen LogP) is 3.41. The molecule has 0 aliphatic carbocycles. The molecule has 0 aromatic carbocycles. The minimum atomic E-state index is 0.595. The molecule has 2 nitrogen and oxygen atoms in total. The van der Waals surface area contributed by atoms with Gasteiger partial charge in [-0.05, 0) is 32.2 Å². The third-order valence-corrected chi connectivity index (χ3v) is 3.66. The SMILES string of the molecule is CCNC(CCC(C)C)Cc1nc(C)cs1. The van der Waals surface area contributed by atoms with Crippen molar-refractivity contribution in [2.75, 3.05) is 6.54 Å². The molecule has 1 N–H and O–H groups in total. The number of hydrogen-bond acceptors (Lipinski definition) is 3. The second-order valence-corrected chi connectivity index (χ2v) is 5.76. The molecule has 1 atom stereocenters. The van der Waals surface area contributed by atoms with Crippen LogP contribution in [-0.4, -0.2) is 17.6 Å². The van der Waals surface area contributed by atoms with E-state index in [2.05, 4.69) is 43.4 Å². The third kappa shape index (κ3) is 5.08. The fraction of sp³-hybridized carbons (Fsp3) is 0.769. The fourth-order valence-corrected chi connectivity index (χ4v) is 2.66. The van der Waals surface area contributed by atoms with Gasteiger partial charge in [0, 0.05) is 23.5 Å². The van der Waals surface area contributed by atoms with Gasteiger partial charge in [0.15, 0.2) is 0 Å². The standard InChI is InChI=1S/C13H24N2S/c1-5-14-12(7-6-10(2)3)8-13-15-11(4)9-16-13/h9-10,12,14H,5-8H2,1-4H3. The number of thiazole rings is 1. The molecule has 16 heavy (non-hydrogen) atoms. The molecule has 1 heterocycles. The van der Waals surface area contributed by atoms with Crippen molar-refractivity contribution in [2.45, 2.75) is 53.0 Å². The summed E-state index contributed by atoms with van der Waals surface area (Å²) in [5, 5.41) is 6.97. The lowest BCUT2D eigenvalue weighted by atomic mass is 10.0. The predicted molar refractivity (Wildman–Crippen MR) is 72.1 cm³/mol. The maximum atomic E-state index is 4.54. The van der Waals surface area contributed by atoms with Crippen LogP contribution in [0.25, 0.3) is 0 Å². The zero-order valence-corrected chi connectivity index (χ0v) is 11.7. The molecular formula is C13H24N2S. The maximum absolute atomic E-state index is 4.54. The first-order valence-corrected chi connectivity index (χ1v) is 7.14. The van der Waals surface area contributed by atoms with E-state index < -0.39 is 0 Å². The van der Waals surface area contributed by atoms with E-state index >= 15 is 0 Å². The zero-order chi connectivity index (χ0) is 12.0. The summed E-state index contributed by atoms with van der Waals surface area (Å²) < 4.78 is 0. The normalized spacial score (nSPS) is 13.3. The Kier molecular flexibility index (Phi) is 5.99. The van der Waals surface area contributed by atoms with E-state index in [1.165, 1.54) is 17.8 Å². The van der Waals surface area contributed by atoms with E-state index in [1.54, 1.807) is 11.3 Å². The number of nitrogens with zero attached hydrogens (tertiary/aromatic N) is 1. The summed E-state index contributed by atoms with van der Waals surface area (Å²) in [6.45, 7) is 9.87. The maximum Gasteiger partial charge on any atom is 0.0943 e. The van der Waals surface area contributed by atoms with Crippen LogP contribution in [0, 0.1) is 12.8 Å². The lowest BCUT2D eigenvalue weighted by Crippen LogP contribution is -2.31. The van der Waals surface area contributed by atoms with Crippen LogP contribution >= 0.6 is 11.3 Å². The van der Waals surface area contributed by atoms with Crippen molar-refractivity contribution in [2.24, 2.45) is 5.92 Å². The molecule has 1 rings (SSSR count). The Hall–Kier alpha value is -0.410. The van der Waals surface area contributed by atoms with Crippen molar-refractivity contribution < 1.29 is 0 Å². The first-order chi connectivity index (χ1) is 7.61. The molecule has 0 saturated heterocycles. The summed E-state index contributed by atoms with van der Waals surface area (Å²) in [5.41, 5.74) is 1.15.